The summed E-state index contributed by atoms with van der Waals surface area (Å²) >= 11 is 0. The minimum absolute atomic E-state index is 0.101. The van der Waals surface area contributed by atoms with Crippen LogP contribution in [-0.2, 0) is 18.3 Å². The van der Waals surface area contributed by atoms with Crippen molar-refractivity contribution < 1.29 is 4.42 Å². The Kier molecular flexibility index (Phi) is 8.19. The van der Waals surface area contributed by atoms with Crippen LogP contribution < -0.4 is 4.90 Å². The Morgan fingerprint density at radius 2 is 1.12 bits per heavy atom. The van der Waals surface area contributed by atoms with Gasteiger partial charge in [0.2, 0.25) is 11.8 Å². The molecule has 43 heavy (non-hydrogen) atoms. The van der Waals surface area contributed by atoms with Crippen molar-refractivity contribution >= 4 is 17.1 Å². The van der Waals surface area contributed by atoms with Crippen LogP contribution in [0.3, 0.4) is 0 Å². The number of anilines is 3. The van der Waals surface area contributed by atoms with Gasteiger partial charge in [-0.05, 0) is 96.0 Å². The molecule has 1 aromatic heterocycles. The molecular formula is C39H37N3O. The first-order valence-electron chi connectivity index (χ1n) is 15.0. The molecule has 214 valence electrons. The molecule has 0 N–H and O–H groups in total. The van der Waals surface area contributed by atoms with Crippen molar-refractivity contribution in [1.29, 1.82) is 0 Å². The summed E-state index contributed by atoms with van der Waals surface area (Å²) in [5.74, 6) is 1.11. The Labute approximate surface area is 254 Å². The van der Waals surface area contributed by atoms with Gasteiger partial charge in [-0.15, -0.1) is 10.2 Å². The lowest BCUT2D eigenvalue weighted by molar-refractivity contribution is 0.581. The number of benzene rings is 5. The predicted octanol–water partition coefficient (Wildman–Crippen LogP) is 10.3. The molecule has 0 amide bonds. The molecule has 0 spiro atoms. The van der Waals surface area contributed by atoms with E-state index in [1.165, 1.54) is 16.7 Å². The highest BCUT2D eigenvalue weighted by atomic mass is 16.4. The van der Waals surface area contributed by atoms with Crippen molar-refractivity contribution in [1.82, 2.24) is 10.2 Å². The molecule has 0 bridgehead atoms. The van der Waals surface area contributed by atoms with E-state index in [0.29, 0.717) is 11.8 Å². The van der Waals surface area contributed by atoms with Gasteiger partial charge in [-0.25, -0.2) is 0 Å². The lowest BCUT2D eigenvalue weighted by atomic mass is 9.87. The van der Waals surface area contributed by atoms with E-state index in [4.69, 9.17) is 4.42 Å². The Morgan fingerprint density at radius 3 is 1.74 bits per heavy atom. The summed E-state index contributed by atoms with van der Waals surface area (Å²) in [5, 5.41) is 8.78. The van der Waals surface area contributed by atoms with Gasteiger partial charge < -0.3 is 9.32 Å². The zero-order chi connectivity index (χ0) is 29.6. The summed E-state index contributed by atoms with van der Waals surface area (Å²) < 4.78 is 6.17. The van der Waals surface area contributed by atoms with E-state index in [2.05, 4.69) is 163 Å². The molecule has 4 nitrogen and oxygen atoms in total. The van der Waals surface area contributed by atoms with Crippen LogP contribution in [0.2, 0.25) is 0 Å². The van der Waals surface area contributed by atoms with E-state index >= 15 is 0 Å². The quantitative estimate of drug-likeness (QED) is 0.175. The van der Waals surface area contributed by atoms with Gasteiger partial charge in [-0.1, -0.05) is 99.6 Å². The van der Waals surface area contributed by atoms with Crippen molar-refractivity contribution in [2.24, 2.45) is 0 Å². The van der Waals surface area contributed by atoms with Crippen LogP contribution in [0.25, 0.3) is 22.9 Å². The zero-order valence-electron chi connectivity index (χ0n) is 25.1. The number of para-hydroxylation sites is 2. The maximum atomic E-state index is 6.17. The largest absolute Gasteiger partial charge is 0.416 e. The summed E-state index contributed by atoms with van der Waals surface area (Å²) in [6.45, 7) is 6.64. The van der Waals surface area contributed by atoms with Crippen LogP contribution in [-0.4, -0.2) is 10.2 Å². The fourth-order valence-corrected chi connectivity index (χ4v) is 5.40. The normalized spacial score (nSPS) is 11.4. The molecule has 4 heteroatoms. The fraction of sp³-hybridized carbons (Fsp3) is 0.179. The van der Waals surface area contributed by atoms with Gasteiger partial charge in [0.1, 0.15) is 0 Å². The second kappa shape index (κ2) is 12.5. The minimum atomic E-state index is 0.101. The number of hydrogen-bond donors (Lipinski definition) is 0. The van der Waals surface area contributed by atoms with Crippen LogP contribution in [0.4, 0.5) is 17.1 Å². The van der Waals surface area contributed by atoms with Gasteiger partial charge in [0, 0.05) is 28.2 Å². The molecule has 6 rings (SSSR count). The molecular weight excluding hydrogens is 526 g/mol. The first-order valence-corrected chi connectivity index (χ1v) is 15.0. The van der Waals surface area contributed by atoms with Gasteiger partial charge in [-0.2, -0.15) is 0 Å². The SMILES string of the molecule is CC(C)(C)c1ccc(-c2nnc(-c3ccccc3CCCc3ccc(N(c4ccccc4)c4ccccc4)cc3)o2)cc1. The van der Waals surface area contributed by atoms with E-state index in [-0.39, 0.29) is 5.41 Å². The van der Waals surface area contributed by atoms with Crippen LogP contribution in [0.15, 0.2) is 138 Å². The van der Waals surface area contributed by atoms with Crippen LogP contribution in [0, 0.1) is 0 Å². The lowest BCUT2D eigenvalue weighted by Gasteiger charge is -2.25. The summed E-state index contributed by atoms with van der Waals surface area (Å²) in [5.41, 5.74) is 9.29. The average molecular weight is 564 g/mol. The number of nitrogens with zero attached hydrogens (tertiary/aromatic N) is 3. The van der Waals surface area contributed by atoms with Gasteiger partial charge in [-0.3, -0.25) is 0 Å². The molecule has 0 aliphatic carbocycles. The molecule has 0 radical (unpaired) electrons. The first-order chi connectivity index (χ1) is 21.0. The second-order valence-corrected chi connectivity index (χ2v) is 11.9. The van der Waals surface area contributed by atoms with Gasteiger partial charge in [0.25, 0.3) is 0 Å². The van der Waals surface area contributed by atoms with Gasteiger partial charge in [0.05, 0.1) is 0 Å². The molecule has 0 aliphatic heterocycles. The molecule has 6 aromatic rings. The molecule has 5 aromatic carbocycles. The number of aryl methyl sites for hydroxylation is 2. The minimum Gasteiger partial charge on any atom is -0.416 e. The molecule has 0 fully saturated rings. The van der Waals surface area contributed by atoms with Crippen molar-refractivity contribution in [2.75, 3.05) is 4.90 Å². The highest BCUT2D eigenvalue weighted by Crippen LogP contribution is 2.34. The molecule has 0 aliphatic rings. The topological polar surface area (TPSA) is 42.2 Å². The average Bonchev–Trinajstić information content (AvgIpc) is 3.53. The molecule has 0 unspecified atom stereocenters. The van der Waals surface area contributed by atoms with Crippen LogP contribution in [0.1, 0.15) is 43.9 Å². The van der Waals surface area contributed by atoms with Crippen LogP contribution in [0.5, 0.6) is 0 Å². The monoisotopic (exact) mass is 563 g/mol. The molecule has 0 atom stereocenters. The van der Waals surface area contributed by atoms with Crippen molar-refractivity contribution in [3.8, 4) is 22.9 Å². The third-order valence-corrected chi connectivity index (χ3v) is 7.81. The predicted molar refractivity (Wildman–Crippen MR) is 177 cm³/mol. The Bertz CT molecular complexity index is 1710. The lowest BCUT2D eigenvalue weighted by Crippen LogP contribution is -2.10. The van der Waals surface area contributed by atoms with Crippen molar-refractivity contribution in [2.45, 2.75) is 45.4 Å². The Morgan fingerprint density at radius 1 is 0.558 bits per heavy atom. The highest BCUT2D eigenvalue weighted by molar-refractivity contribution is 5.76. The summed E-state index contributed by atoms with van der Waals surface area (Å²) in [7, 11) is 0. The van der Waals surface area contributed by atoms with Gasteiger partial charge >= 0.3 is 0 Å². The number of aromatic nitrogens is 2. The maximum Gasteiger partial charge on any atom is 0.248 e. The highest BCUT2D eigenvalue weighted by Gasteiger charge is 2.17. The summed E-state index contributed by atoms with van der Waals surface area (Å²) in [6.07, 6.45) is 2.93. The summed E-state index contributed by atoms with van der Waals surface area (Å²) in [4.78, 5) is 2.29. The fourth-order valence-electron chi connectivity index (χ4n) is 5.40. The first kappa shape index (κ1) is 28.2. The summed E-state index contributed by atoms with van der Waals surface area (Å²) in [6, 6.07) is 46.7. The molecule has 1 heterocycles. The second-order valence-electron chi connectivity index (χ2n) is 11.9. The number of rotatable bonds is 9. The smallest absolute Gasteiger partial charge is 0.248 e. The molecule has 0 saturated heterocycles. The molecule has 0 saturated carbocycles. The third kappa shape index (κ3) is 6.60. The van der Waals surface area contributed by atoms with E-state index < -0.39 is 0 Å². The van der Waals surface area contributed by atoms with E-state index in [1.807, 2.05) is 6.07 Å². The van der Waals surface area contributed by atoms with Gasteiger partial charge in [0.15, 0.2) is 0 Å². The van der Waals surface area contributed by atoms with Crippen LogP contribution >= 0.6 is 0 Å². The Hall–Kier alpha value is -4.96. The van der Waals surface area contributed by atoms with Crippen molar-refractivity contribution in [3.05, 3.63) is 150 Å². The van der Waals surface area contributed by atoms with E-state index in [1.54, 1.807) is 0 Å². The zero-order valence-corrected chi connectivity index (χ0v) is 25.1. The van der Waals surface area contributed by atoms with E-state index in [9.17, 15) is 0 Å². The third-order valence-electron chi connectivity index (χ3n) is 7.81. The standard InChI is InChI=1S/C39H37N3O/c1-39(2,3)32-25-23-31(24-26-32)37-40-41-38(43-37)36-20-11-10-14-30(36)15-12-13-29-21-27-35(28-22-29)42(33-16-6-4-7-17-33)34-18-8-5-9-19-34/h4-11,14,16-28H,12-13,15H2,1-3H3. The van der Waals surface area contributed by atoms with Crippen molar-refractivity contribution in [3.63, 3.8) is 0 Å². The maximum absolute atomic E-state index is 6.17. The Balaban J connectivity index is 1.13. The number of hydrogen-bond acceptors (Lipinski definition) is 4. The van der Waals surface area contributed by atoms with E-state index in [0.717, 1.165) is 47.5 Å².